The first-order valence-corrected chi connectivity index (χ1v) is 8.90. The van der Waals surface area contributed by atoms with Crippen LogP contribution in [0.2, 0.25) is 0 Å². The van der Waals surface area contributed by atoms with Crippen LogP contribution >= 0.6 is 0 Å². The molecule has 0 bridgehead atoms. The standard InChI is InChI=1S/C20H29NO3/c1-20(2,3)16-10-8-15(9-11-16)17(19(23)24)14-18(22)21-12-6-4-5-7-13-21/h8-11,17H,4-7,12-14H2,1-3H3,(H,23,24). The van der Waals surface area contributed by atoms with Gasteiger partial charge in [0, 0.05) is 19.5 Å². The predicted molar refractivity (Wildman–Crippen MR) is 95.2 cm³/mol. The van der Waals surface area contributed by atoms with E-state index in [1.54, 1.807) is 0 Å². The Hall–Kier alpha value is -1.84. The third kappa shape index (κ3) is 4.83. The summed E-state index contributed by atoms with van der Waals surface area (Å²) in [5, 5.41) is 9.59. The summed E-state index contributed by atoms with van der Waals surface area (Å²) in [6.07, 6.45) is 4.39. The van der Waals surface area contributed by atoms with Crippen LogP contribution in [-0.4, -0.2) is 35.0 Å². The molecule has 1 aromatic rings. The molecule has 4 heteroatoms. The molecule has 4 nitrogen and oxygen atoms in total. The number of hydrogen-bond acceptors (Lipinski definition) is 2. The van der Waals surface area contributed by atoms with Gasteiger partial charge in [-0.25, -0.2) is 0 Å². The van der Waals surface area contributed by atoms with Crippen molar-refractivity contribution in [3.05, 3.63) is 35.4 Å². The first kappa shape index (κ1) is 18.5. The van der Waals surface area contributed by atoms with Crippen LogP contribution in [0.1, 0.15) is 69.9 Å². The Bertz CT molecular complexity index is 564. The van der Waals surface area contributed by atoms with Crippen LogP contribution in [0.5, 0.6) is 0 Å². The third-order valence-electron chi connectivity index (χ3n) is 4.81. The number of carboxylic acids is 1. The summed E-state index contributed by atoms with van der Waals surface area (Å²) in [7, 11) is 0. The molecule has 1 aliphatic heterocycles. The minimum absolute atomic E-state index is 0.0269. The van der Waals surface area contributed by atoms with Gasteiger partial charge in [-0.05, 0) is 29.4 Å². The zero-order valence-corrected chi connectivity index (χ0v) is 15.0. The molecule has 1 saturated heterocycles. The highest BCUT2D eigenvalue weighted by molar-refractivity contribution is 5.85. The van der Waals surface area contributed by atoms with E-state index in [4.69, 9.17) is 0 Å². The van der Waals surface area contributed by atoms with E-state index >= 15 is 0 Å². The maximum absolute atomic E-state index is 12.5. The fourth-order valence-electron chi connectivity index (χ4n) is 3.19. The zero-order chi connectivity index (χ0) is 17.7. The summed E-state index contributed by atoms with van der Waals surface area (Å²) in [6.45, 7) is 7.89. The highest BCUT2D eigenvalue weighted by Gasteiger charge is 2.27. The molecule has 0 aromatic heterocycles. The van der Waals surface area contributed by atoms with E-state index in [-0.39, 0.29) is 17.7 Å². The SMILES string of the molecule is CC(C)(C)c1ccc(C(CC(=O)N2CCCCCC2)C(=O)O)cc1. The minimum atomic E-state index is -0.929. The summed E-state index contributed by atoms with van der Waals surface area (Å²) in [5.74, 6) is -1.74. The van der Waals surface area contributed by atoms with Gasteiger partial charge in [0.25, 0.3) is 0 Å². The average Bonchev–Trinajstić information content (AvgIpc) is 2.80. The largest absolute Gasteiger partial charge is 0.481 e. The maximum Gasteiger partial charge on any atom is 0.311 e. The van der Waals surface area contributed by atoms with Gasteiger partial charge < -0.3 is 10.0 Å². The highest BCUT2D eigenvalue weighted by atomic mass is 16.4. The molecule has 132 valence electrons. The zero-order valence-electron chi connectivity index (χ0n) is 15.0. The maximum atomic E-state index is 12.5. The number of nitrogens with zero attached hydrogens (tertiary/aromatic N) is 1. The molecule has 0 aliphatic carbocycles. The molecule has 2 rings (SSSR count). The lowest BCUT2D eigenvalue weighted by Crippen LogP contribution is -2.34. The van der Waals surface area contributed by atoms with Crippen molar-refractivity contribution in [1.82, 2.24) is 4.90 Å². The first-order valence-electron chi connectivity index (χ1n) is 8.90. The number of amides is 1. The van der Waals surface area contributed by atoms with Gasteiger partial charge in [0.05, 0.1) is 5.92 Å². The lowest BCUT2D eigenvalue weighted by molar-refractivity contribution is -0.142. The quantitative estimate of drug-likeness (QED) is 0.909. The second-order valence-electron chi connectivity index (χ2n) is 7.76. The number of carbonyl (C=O) groups is 2. The molecule has 0 spiro atoms. The van der Waals surface area contributed by atoms with Crippen LogP contribution in [-0.2, 0) is 15.0 Å². The molecular weight excluding hydrogens is 302 g/mol. The van der Waals surface area contributed by atoms with Gasteiger partial charge >= 0.3 is 5.97 Å². The second kappa shape index (κ2) is 7.82. The monoisotopic (exact) mass is 331 g/mol. The summed E-state index contributed by atoms with van der Waals surface area (Å²) in [6, 6.07) is 7.66. The Kier molecular flexibility index (Phi) is 6.03. The number of likely N-dealkylation sites (tertiary alicyclic amines) is 1. The second-order valence-corrected chi connectivity index (χ2v) is 7.76. The molecule has 1 heterocycles. The molecule has 1 N–H and O–H groups in total. The smallest absolute Gasteiger partial charge is 0.311 e. The van der Waals surface area contributed by atoms with Crippen molar-refractivity contribution < 1.29 is 14.7 Å². The van der Waals surface area contributed by atoms with Crippen LogP contribution in [0.25, 0.3) is 0 Å². The molecule has 1 aliphatic rings. The van der Waals surface area contributed by atoms with Crippen LogP contribution in [0.3, 0.4) is 0 Å². The van der Waals surface area contributed by atoms with E-state index in [9.17, 15) is 14.7 Å². The lowest BCUT2D eigenvalue weighted by Gasteiger charge is -2.23. The Morgan fingerprint density at radius 2 is 1.58 bits per heavy atom. The van der Waals surface area contributed by atoms with E-state index < -0.39 is 11.9 Å². The Balaban J connectivity index is 2.11. The van der Waals surface area contributed by atoms with E-state index in [0.717, 1.165) is 44.3 Å². The van der Waals surface area contributed by atoms with Crippen molar-refractivity contribution in [2.75, 3.05) is 13.1 Å². The van der Waals surface area contributed by atoms with Gasteiger partial charge in [-0.15, -0.1) is 0 Å². The van der Waals surface area contributed by atoms with Gasteiger partial charge in [0.2, 0.25) is 5.91 Å². The van der Waals surface area contributed by atoms with Crippen molar-refractivity contribution in [3.8, 4) is 0 Å². The van der Waals surface area contributed by atoms with Crippen molar-refractivity contribution in [3.63, 3.8) is 0 Å². The van der Waals surface area contributed by atoms with E-state index in [2.05, 4.69) is 20.8 Å². The predicted octanol–water partition coefficient (Wildman–Crippen LogP) is 3.95. The highest BCUT2D eigenvalue weighted by Crippen LogP contribution is 2.27. The normalized spacial score (nSPS) is 17.2. The number of carbonyl (C=O) groups excluding carboxylic acids is 1. The third-order valence-corrected chi connectivity index (χ3v) is 4.81. The molecule has 1 unspecified atom stereocenters. The molecule has 1 fully saturated rings. The number of hydrogen-bond donors (Lipinski definition) is 1. The van der Waals surface area contributed by atoms with E-state index in [1.807, 2.05) is 29.2 Å². The molecular formula is C20H29NO3. The molecule has 1 aromatic carbocycles. The van der Waals surface area contributed by atoms with Gasteiger partial charge in [-0.1, -0.05) is 57.9 Å². The lowest BCUT2D eigenvalue weighted by atomic mass is 9.85. The number of aliphatic carboxylic acids is 1. The van der Waals surface area contributed by atoms with Gasteiger partial charge in [-0.2, -0.15) is 0 Å². The Morgan fingerprint density at radius 1 is 1.04 bits per heavy atom. The van der Waals surface area contributed by atoms with Crippen LogP contribution in [0, 0.1) is 0 Å². The number of benzene rings is 1. The summed E-state index contributed by atoms with van der Waals surface area (Å²) in [4.78, 5) is 26.1. The topological polar surface area (TPSA) is 57.6 Å². The molecule has 0 saturated carbocycles. The van der Waals surface area contributed by atoms with Crippen molar-refractivity contribution in [1.29, 1.82) is 0 Å². The summed E-state index contributed by atoms with van der Waals surface area (Å²) >= 11 is 0. The van der Waals surface area contributed by atoms with Crippen molar-refractivity contribution in [2.45, 2.75) is 64.2 Å². The van der Waals surface area contributed by atoms with Crippen molar-refractivity contribution >= 4 is 11.9 Å². The molecule has 24 heavy (non-hydrogen) atoms. The Labute approximate surface area is 144 Å². The molecule has 1 atom stereocenters. The summed E-state index contributed by atoms with van der Waals surface area (Å²) in [5.41, 5.74) is 1.90. The van der Waals surface area contributed by atoms with E-state index in [1.165, 1.54) is 0 Å². The average molecular weight is 331 g/mol. The number of carboxylic acid groups (broad SMARTS) is 1. The fourth-order valence-corrected chi connectivity index (χ4v) is 3.19. The van der Waals surface area contributed by atoms with Gasteiger partial charge in [-0.3, -0.25) is 9.59 Å². The van der Waals surface area contributed by atoms with Crippen molar-refractivity contribution in [2.24, 2.45) is 0 Å². The van der Waals surface area contributed by atoms with Gasteiger partial charge in [0.15, 0.2) is 0 Å². The minimum Gasteiger partial charge on any atom is -0.481 e. The molecule has 1 amide bonds. The molecule has 0 radical (unpaired) electrons. The summed E-state index contributed by atoms with van der Waals surface area (Å²) < 4.78 is 0. The van der Waals surface area contributed by atoms with Crippen LogP contribution in [0.15, 0.2) is 24.3 Å². The fraction of sp³-hybridized carbons (Fsp3) is 0.600. The Morgan fingerprint density at radius 3 is 2.04 bits per heavy atom. The van der Waals surface area contributed by atoms with Gasteiger partial charge in [0.1, 0.15) is 0 Å². The van der Waals surface area contributed by atoms with Crippen LogP contribution in [0.4, 0.5) is 0 Å². The first-order chi connectivity index (χ1) is 11.3. The number of rotatable bonds is 4. The van der Waals surface area contributed by atoms with E-state index in [0.29, 0.717) is 5.56 Å². The van der Waals surface area contributed by atoms with Crippen LogP contribution < -0.4 is 0 Å².